The fourth-order valence-corrected chi connectivity index (χ4v) is 2.42. The molecule has 1 aromatic heterocycles. The molecule has 0 bridgehead atoms. The Morgan fingerprint density at radius 1 is 1.32 bits per heavy atom. The van der Waals surface area contributed by atoms with Crippen molar-refractivity contribution in [3.05, 3.63) is 51.2 Å². The fraction of sp³-hybridized carbons (Fsp3) is 0.0769. The largest absolute Gasteiger partial charge is 0.481 e. The highest BCUT2D eigenvalue weighted by Crippen LogP contribution is 2.24. The third-order valence-electron chi connectivity index (χ3n) is 2.42. The summed E-state index contributed by atoms with van der Waals surface area (Å²) in [6, 6.07) is 6.49. The molecule has 2 N–H and O–H groups in total. The number of hydrogen-bond acceptors (Lipinski definition) is 3. The number of carboxylic acids is 1. The Morgan fingerprint density at radius 2 is 2.11 bits per heavy atom. The summed E-state index contributed by atoms with van der Waals surface area (Å²) in [6.07, 6.45) is -0.0987. The summed E-state index contributed by atoms with van der Waals surface area (Å²) in [7, 11) is 0. The predicted molar refractivity (Wildman–Crippen MR) is 75.1 cm³/mol. The second-order valence-corrected chi connectivity index (χ2v) is 5.04. The zero-order valence-corrected chi connectivity index (χ0v) is 11.3. The third kappa shape index (κ3) is 3.56. The SMILES string of the molecule is O=C(O)Cc1ccc(NC(=O)c2ccsc2)c(Cl)c1. The van der Waals surface area contributed by atoms with Gasteiger partial charge in [-0.15, -0.1) is 0 Å². The van der Waals surface area contributed by atoms with Crippen LogP contribution in [0.15, 0.2) is 35.0 Å². The number of benzene rings is 1. The van der Waals surface area contributed by atoms with Crippen LogP contribution in [0.2, 0.25) is 5.02 Å². The van der Waals surface area contributed by atoms with Crippen LogP contribution in [-0.2, 0) is 11.2 Å². The molecule has 0 atom stereocenters. The first kappa shape index (κ1) is 13.6. The van der Waals surface area contributed by atoms with Gasteiger partial charge in [0.25, 0.3) is 5.91 Å². The molecule has 1 heterocycles. The minimum Gasteiger partial charge on any atom is -0.481 e. The Morgan fingerprint density at radius 3 is 2.68 bits per heavy atom. The second-order valence-electron chi connectivity index (χ2n) is 3.85. The van der Waals surface area contributed by atoms with Gasteiger partial charge in [0.15, 0.2) is 0 Å². The van der Waals surface area contributed by atoms with Crippen LogP contribution in [0.1, 0.15) is 15.9 Å². The number of nitrogens with one attached hydrogen (secondary N) is 1. The maximum atomic E-state index is 11.8. The molecule has 0 saturated heterocycles. The van der Waals surface area contributed by atoms with E-state index in [1.54, 1.807) is 29.6 Å². The molecule has 0 unspecified atom stereocenters. The van der Waals surface area contributed by atoms with Gasteiger partial charge in [-0.1, -0.05) is 17.7 Å². The summed E-state index contributed by atoms with van der Waals surface area (Å²) in [5.74, 6) is -1.17. The van der Waals surface area contributed by atoms with E-state index in [-0.39, 0.29) is 12.3 Å². The molecule has 1 aromatic carbocycles. The Balaban J connectivity index is 2.13. The van der Waals surface area contributed by atoms with Crippen LogP contribution in [0.3, 0.4) is 0 Å². The van der Waals surface area contributed by atoms with Crippen LogP contribution in [0.25, 0.3) is 0 Å². The van der Waals surface area contributed by atoms with E-state index >= 15 is 0 Å². The maximum Gasteiger partial charge on any atom is 0.307 e. The van der Waals surface area contributed by atoms with Gasteiger partial charge in [-0.05, 0) is 29.1 Å². The smallest absolute Gasteiger partial charge is 0.307 e. The van der Waals surface area contributed by atoms with E-state index in [0.29, 0.717) is 21.8 Å². The molecule has 98 valence electrons. The zero-order chi connectivity index (χ0) is 13.8. The molecule has 0 saturated carbocycles. The lowest BCUT2D eigenvalue weighted by Crippen LogP contribution is -2.11. The van der Waals surface area contributed by atoms with Crippen LogP contribution >= 0.6 is 22.9 Å². The lowest BCUT2D eigenvalue weighted by atomic mass is 10.1. The van der Waals surface area contributed by atoms with Gasteiger partial charge >= 0.3 is 5.97 Å². The Bertz CT molecular complexity index is 610. The second kappa shape index (κ2) is 5.86. The molecule has 0 aliphatic rings. The van der Waals surface area contributed by atoms with Gasteiger partial charge in [0.05, 0.1) is 22.7 Å². The molecule has 0 spiro atoms. The van der Waals surface area contributed by atoms with E-state index in [2.05, 4.69) is 5.32 Å². The molecule has 0 radical (unpaired) electrons. The van der Waals surface area contributed by atoms with Crippen molar-refractivity contribution < 1.29 is 14.7 Å². The Kier molecular flexibility index (Phi) is 4.19. The summed E-state index contributed by atoms with van der Waals surface area (Å²) in [6.45, 7) is 0. The summed E-state index contributed by atoms with van der Waals surface area (Å²) < 4.78 is 0. The molecule has 0 aliphatic carbocycles. The number of hydrogen-bond donors (Lipinski definition) is 2. The fourth-order valence-electron chi connectivity index (χ4n) is 1.53. The van der Waals surface area contributed by atoms with Crippen molar-refractivity contribution in [3.8, 4) is 0 Å². The maximum absolute atomic E-state index is 11.8. The van der Waals surface area contributed by atoms with Crippen LogP contribution in [-0.4, -0.2) is 17.0 Å². The Labute approximate surface area is 118 Å². The lowest BCUT2D eigenvalue weighted by Gasteiger charge is -2.07. The van der Waals surface area contributed by atoms with Crippen molar-refractivity contribution in [1.82, 2.24) is 0 Å². The zero-order valence-electron chi connectivity index (χ0n) is 9.72. The van der Waals surface area contributed by atoms with Crippen LogP contribution in [0.5, 0.6) is 0 Å². The molecule has 1 amide bonds. The number of rotatable bonds is 4. The number of amides is 1. The average molecular weight is 296 g/mol. The molecular weight excluding hydrogens is 286 g/mol. The number of thiophene rings is 1. The highest BCUT2D eigenvalue weighted by atomic mass is 35.5. The summed E-state index contributed by atoms with van der Waals surface area (Å²) in [4.78, 5) is 22.4. The molecular formula is C13H10ClNO3S. The number of carboxylic acid groups (broad SMARTS) is 1. The minimum atomic E-state index is -0.925. The predicted octanol–water partition coefficient (Wildman–Crippen LogP) is 3.28. The van der Waals surface area contributed by atoms with Gasteiger partial charge in [0, 0.05) is 5.38 Å². The minimum absolute atomic E-state index is 0.0987. The van der Waals surface area contributed by atoms with Crippen LogP contribution < -0.4 is 5.32 Å². The van der Waals surface area contributed by atoms with Crippen molar-refractivity contribution in [3.63, 3.8) is 0 Å². The van der Waals surface area contributed by atoms with E-state index in [1.807, 2.05) is 5.38 Å². The third-order valence-corrected chi connectivity index (χ3v) is 3.42. The first-order valence-electron chi connectivity index (χ1n) is 5.40. The van der Waals surface area contributed by atoms with Gasteiger partial charge in [0.1, 0.15) is 0 Å². The molecule has 2 aromatic rings. The summed E-state index contributed by atoms with van der Waals surface area (Å²) >= 11 is 7.45. The van der Waals surface area contributed by atoms with Crippen molar-refractivity contribution in [1.29, 1.82) is 0 Å². The number of carbonyl (C=O) groups excluding carboxylic acids is 1. The molecule has 19 heavy (non-hydrogen) atoms. The van der Waals surface area contributed by atoms with E-state index in [1.165, 1.54) is 11.3 Å². The van der Waals surface area contributed by atoms with E-state index in [4.69, 9.17) is 16.7 Å². The summed E-state index contributed by atoms with van der Waals surface area (Å²) in [5.41, 5.74) is 1.62. The Hall–Kier alpha value is -1.85. The van der Waals surface area contributed by atoms with E-state index in [0.717, 1.165) is 0 Å². The normalized spacial score (nSPS) is 10.2. The van der Waals surface area contributed by atoms with Crippen molar-refractivity contribution in [2.24, 2.45) is 0 Å². The van der Waals surface area contributed by atoms with Gasteiger partial charge < -0.3 is 10.4 Å². The molecule has 2 rings (SSSR count). The van der Waals surface area contributed by atoms with Gasteiger partial charge in [-0.25, -0.2) is 0 Å². The van der Waals surface area contributed by atoms with Crippen LogP contribution in [0.4, 0.5) is 5.69 Å². The van der Waals surface area contributed by atoms with Crippen molar-refractivity contribution in [2.45, 2.75) is 6.42 Å². The lowest BCUT2D eigenvalue weighted by molar-refractivity contribution is -0.136. The number of aliphatic carboxylic acids is 1. The molecule has 0 aliphatic heterocycles. The van der Waals surface area contributed by atoms with E-state index in [9.17, 15) is 9.59 Å². The first-order valence-corrected chi connectivity index (χ1v) is 6.72. The van der Waals surface area contributed by atoms with Gasteiger partial charge in [0.2, 0.25) is 0 Å². The molecule has 6 heteroatoms. The van der Waals surface area contributed by atoms with Gasteiger partial charge in [-0.2, -0.15) is 11.3 Å². The monoisotopic (exact) mass is 295 g/mol. The van der Waals surface area contributed by atoms with E-state index < -0.39 is 5.97 Å². The molecule has 0 fully saturated rings. The van der Waals surface area contributed by atoms with Gasteiger partial charge in [-0.3, -0.25) is 9.59 Å². The van der Waals surface area contributed by atoms with Crippen molar-refractivity contribution >= 4 is 40.5 Å². The summed E-state index contributed by atoms with van der Waals surface area (Å²) in [5, 5.41) is 15.2. The number of anilines is 1. The topological polar surface area (TPSA) is 66.4 Å². The van der Waals surface area contributed by atoms with Crippen LogP contribution in [0, 0.1) is 0 Å². The average Bonchev–Trinajstić information content (AvgIpc) is 2.85. The number of carbonyl (C=O) groups is 2. The highest BCUT2D eigenvalue weighted by molar-refractivity contribution is 7.08. The van der Waals surface area contributed by atoms with Crippen molar-refractivity contribution in [2.75, 3.05) is 5.32 Å². The molecule has 4 nitrogen and oxygen atoms in total. The standard InChI is InChI=1S/C13H10ClNO3S/c14-10-5-8(6-12(16)17)1-2-11(10)15-13(18)9-3-4-19-7-9/h1-5,7H,6H2,(H,15,18)(H,16,17). The quantitative estimate of drug-likeness (QED) is 0.909. The first-order chi connectivity index (χ1) is 9.06. The number of halogens is 1. The highest BCUT2D eigenvalue weighted by Gasteiger charge is 2.10.